The van der Waals surface area contributed by atoms with E-state index in [1.165, 1.54) is 16.1 Å². The number of rotatable bonds is 7. The summed E-state index contributed by atoms with van der Waals surface area (Å²) in [5.74, 6) is 0.461. The van der Waals surface area contributed by atoms with Gasteiger partial charge < -0.3 is 4.74 Å². The number of hydrogen-bond acceptors (Lipinski definition) is 2. The highest BCUT2D eigenvalue weighted by Crippen LogP contribution is 2.25. The standard InChI is InChI=1S/C25H30O2Si/c1-19(2)16-20-10-8-15-24-21(11-9-14-23(20)24)17-25(26)27-18-28(3,4)22-12-6-5-7-13-22/h5-15,19H,16-18H2,1-4H3. The summed E-state index contributed by atoms with van der Waals surface area (Å²) < 4.78 is 5.73. The second-order valence-corrected chi connectivity index (χ2v) is 13.2. The molecule has 28 heavy (non-hydrogen) atoms. The summed E-state index contributed by atoms with van der Waals surface area (Å²) >= 11 is 0. The average Bonchev–Trinajstić information content (AvgIpc) is 2.67. The van der Waals surface area contributed by atoms with E-state index >= 15 is 0 Å². The first-order chi connectivity index (χ1) is 13.4. The third kappa shape index (κ3) is 4.90. The van der Waals surface area contributed by atoms with Crippen LogP contribution in [0.15, 0.2) is 66.7 Å². The fourth-order valence-electron chi connectivity index (χ4n) is 3.65. The van der Waals surface area contributed by atoms with Crippen LogP contribution in [0.25, 0.3) is 10.8 Å². The number of esters is 1. The van der Waals surface area contributed by atoms with Crippen molar-refractivity contribution in [3.63, 3.8) is 0 Å². The highest BCUT2D eigenvalue weighted by Gasteiger charge is 2.25. The van der Waals surface area contributed by atoms with E-state index < -0.39 is 8.07 Å². The van der Waals surface area contributed by atoms with Gasteiger partial charge in [-0.1, -0.05) is 98.9 Å². The molecule has 0 spiro atoms. The first-order valence-corrected chi connectivity index (χ1v) is 13.3. The molecule has 3 aromatic rings. The van der Waals surface area contributed by atoms with Crippen molar-refractivity contribution < 1.29 is 9.53 Å². The highest BCUT2D eigenvalue weighted by molar-refractivity contribution is 6.89. The quantitative estimate of drug-likeness (QED) is 0.405. The molecule has 0 unspecified atom stereocenters. The maximum absolute atomic E-state index is 12.6. The minimum Gasteiger partial charge on any atom is -0.469 e. The van der Waals surface area contributed by atoms with E-state index in [-0.39, 0.29) is 5.97 Å². The van der Waals surface area contributed by atoms with Gasteiger partial charge >= 0.3 is 5.97 Å². The van der Waals surface area contributed by atoms with Crippen molar-refractivity contribution in [2.45, 2.75) is 39.8 Å². The molecule has 0 saturated carbocycles. The number of carbonyl (C=O) groups excluding carboxylic acids is 1. The molecule has 0 saturated heterocycles. The Bertz CT molecular complexity index is 945. The second-order valence-electron chi connectivity index (χ2n) is 8.61. The van der Waals surface area contributed by atoms with Gasteiger partial charge in [0.25, 0.3) is 0 Å². The molecular formula is C25H30O2Si. The van der Waals surface area contributed by atoms with Crippen LogP contribution in [0, 0.1) is 5.92 Å². The second kappa shape index (κ2) is 8.74. The molecule has 0 fully saturated rings. The Balaban J connectivity index is 1.73. The summed E-state index contributed by atoms with van der Waals surface area (Å²) in [5, 5.41) is 3.73. The van der Waals surface area contributed by atoms with Crippen LogP contribution < -0.4 is 5.19 Å². The molecule has 3 heteroatoms. The summed E-state index contributed by atoms with van der Waals surface area (Å²) in [7, 11) is -1.78. The van der Waals surface area contributed by atoms with E-state index in [4.69, 9.17) is 4.74 Å². The van der Waals surface area contributed by atoms with Crippen LogP contribution in [0.2, 0.25) is 13.1 Å². The molecule has 0 heterocycles. The Morgan fingerprint density at radius 3 is 2.11 bits per heavy atom. The summed E-state index contributed by atoms with van der Waals surface area (Å²) in [4.78, 5) is 12.6. The molecule has 3 aromatic carbocycles. The zero-order valence-electron chi connectivity index (χ0n) is 17.4. The number of fused-ring (bicyclic) bond motifs is 1. The van der Waals surface area contributed by atoms with Gasteiger partial charge in [0.1, 0.15) is 8.07 Å². The van der Waals surface area contributed by atoms with Crippen LogP contribution in [-0.2, 0) is 22.4 Å². The van der Waals surface area contributed by atoms with Gasteiger partial charge in [-0.2, -0.15) is 0 Å². The Labute approximate surface area is 169 Å². The van der Waals surface area contributed by atoms with E-state index in [2.05, 4.69) is 81.5 Å². The molecule has 0 aromatic heterocycles. The zero-order valence-corrected chi connectivity index (χ0v) is 18.4. The highest BCUT2D eigenvalue weighted by atomic mass is 28.3. The predicted octanol–water partition coefficient (Wildman–Crippen LogP) is 5.28. The summed E-state index contributed by atoms with van der Waals surface area (Å²) in [5.41, 5.74) is 2.40. The molecule has 0 aliphatic rings. The Morgan fingerprint density at radius 2 is 1.46 bits per heavy atom. The lowest BCUT2D eigenvalue weighted by Gasteiger charge is -2.22. The average molecular weight is 391 g/mol. The SMILES string of the molecule is CC(C)Cc1cccc2c(CC(=O)OC[Si](C)(C)c3ccccc3)cccc12. The molecule has 0 aliphatic heterocycles. The normalized spacial score (nSPS) is 11.8. The molecule has 146 valence electrons. The minimum absolute atomic E-state index is 0.140. The summed E-state index contributed by atoms with van der Waals surface area (Å²) in [6.07, 6.45) is 1.88. The lowest BCUT2D eigenvalue weighted by molar-refractivity contribution is -0.141. The molecule has 0 bridgehead atoms. The number of benzene rings is 3. The van der Waals surface area contributed by atoms with Crippen molar-refractivity contribution in [1.29, 1.82) is 0 Å². The van der Waals surface area contributed by atoms with E-state index in [0.29, 0.717) is 18.6 Å². The van der Waals surface area contributed by atoms with Crippen molar-refractivity contribution in [3.8, 4) is 0 Å². The largest absolute Gasteiger partial charge is 0.469 e. The van der Waals surface area contributed by atoms with E-state index in [0.717, 1.165) is 17.4 Å². The van der Waals surface area contributed by atoms with Crippen LogP contribution in [0.4, 0.5) is 0 Å². The Kier molecular flexibility index (Phi) is 6.35. The zero-order chi connectivity index (χ0) is 20.1. The number of carbonyl (C=O) groups is 1. The van der Waals surface area contributed by atoms with Gasteiger partial charge in [-0.3, -0.25) is 4.79 Å². The number of hydrogen-bond donors (Lipinski definition) is 0. The van der Waals surface area contributed by atoms with Gasteiger partial charge in [0, 0.05) is 0 Å². The van der Waals surface area contributed by atoms with Crippen molar-refractivity contribution in [1.82, 2.24) is 0 Å². The van der Waals surface area contributed by atoms with Crippen molar-refractivity contribution in [3.05, 3.63) is 77.9 Å². The fraction of sp³-hybridized carbons (Fsp3) is 0.320. The van der Waals surface area contributed by atoms with Crippen molar-refractivity contribution in [2.24, 2.45) is 5.92 Å². The van der Waals surface area contributed by atoms with Crippen molar-refractivity contribution in [2.75, 3.05) is 6.23 Å². The van der Waals surface area contributed by atoms with Gasteiger partial charge in [-0.05, 0) is 34.2 Å². The van der Waals surface area contributed by atoms with Gasteiger partial charge in [-0.15, -0.1) is 0 Å². The number of ether oxygens (including phenoxy) is 1. The summed E-state index contributed by atoms with van der Waals surface area (Å²) in [6.45, 7) is 8.95. The van der Waals surface area contributed by atoms with Crippen molar-refractivity contribution >= 4 is 30.0 Å². The molecule has 0 radical (unpaired) electrons. The molecule has 3 rings (SSSR count). The minimum atomic E-state index is -1.78. The lowest BCUT2D eigenvalue weighted by Crippen LogP contribution is -2.47. The first-order valence-electron chi connectivity index (χ1n) is 10.1. The van der Waals surface area contributed by atoms with E-state index in [1.807, 2.05) is 12.1 Å². The van der Waals surface area contributed by atoms with E-state index in [9.17, 15) is 4.79 Å². The molecular weight excluding hydrogens is 360 g/mol. The van der Waals surface area contributed by atoms with Crippen LogP contribution in [0.5, 0.6) is 0 Å². The maximum Gasteiger partial charge on any atom is 0.309 e. The maximum atomic E-state index is 12.6. The van der Waals surface area contributed by atoms with Gasteiger partial charge in [0.15, 0.2) is 0 Å². The predicted molar refractivity (Wildman–Crippen MR) is 121 cm³/mol. The van der Waals surface area contributed by atoms with Gasteiger partial charge in [0.05, 0.1) is 12.7 Å². The monoisotopic (exact) mass is 390 g/mol. The van der Waals surface area contributed by atoms with Crippen LogP contribution in [-0.4, -0.2) is 20.3 Å². The molecule has 2 nitrogen and oxygen atoms in total. The van der Waals surface area contributed by atoms with E-state index in [1.54, 1.807) is 0 Å². The van der Waals surface area contributed by atoms with Crippen LogP contribution in [0.3, 0.4) is 0 Å². The molecule has 0 atom stereocenters. The molecule has 0 N–H and O–H groups in total. The van der Waals surface area contributed by atoms with Crippen LogP contribution in [0.1, 0.15) is 25.0 Å². The van der Waals surface area contributed by atoms with Gasteiger partial charge in [0.2, 0.25) is 0 Å². The van der Waals surface area contributed by atoms with Gasteiger partial charge in [-0.25, -0.2) is 0 Å². The smallest absolute Gasteiger partial charge is 0.309 e. The molecule has 0 aliphatic carbocycles. The topological polar surface area (TPSA) is 26.3 Å². The summed E-state index contributed by atoms with van der Waals surface area (Å²) in [6, 6.07) is 23.1. The third-order valence-corrected chi connectivity index (χ3v) is 7.98. The lowest BCUT2D eigenvalue weighted by atomic mass is 9.94. The van der Waals surface area contributed by atoms with Crippen LogP contribution >= 0.6 is 0 Å². The fourth-order valence-corrected chi connectivity index (χ4v) is 5.44. The Morgan fingerprint density at radius 1 is 0.857 bits per heavy atom. The Hall–Kier alpha value is -2.39. The molecule has 0 amide bonds. The first kappa shape index (κ1) is 20.3. The third-order valence-electron chi connectivity index (χ3n) is 5.21.